The Morgan fingerprint density at radius 3 is 2.67 bits per heavy atom. The molecule has 1 heterocycles. The van der Waals surface area contributed by atoms with Crippen LogP contribution in [-0.4, -0.2) is 16.5 Å². The number of rotatable bonds is 5. The van der Waals surface area contributed by atoms with Crippen LogP contribution in [-0.2, 0) is 11.2 Å². The third-order valence-electron chi connectivity index (χ3n) is 2.36. The molecule has 0 aliphatic carbocycles. The molecule has 2 aromatic rings. The molecule has 0 amide bonds. The van der Waals surface area contributed by atoms with E-state index < -0.39 is 0 Å². The quantitative estimate of drug-likeness (QED) is 0.775. The number of benzene rings is 1. The molecule has 0 bridgehead atoms. The Morgan fingerprint density at radius 1 is 1.17 bits per heavy atom. The van der Waals surface area contributed by atoms with Gasteiger partial charge in [-0.25, -0.2) is 9.37 Å². The lowest BCUT2D eigenvalue weighted by atomic mass is 10.1. The van der Waals surface area contributed by atoms with Crippen LogP contribution in [0.5, 0.6) is 0 Å². The number of ketones is 1. The van der Waals surface area contributed by atoms with Crippen LogP contribution in [0.1, 0.15) is 5.56 Å². The van der Waals surface area contributed by atoms with Crippen LogP contribution < -0.4 is 0 Å². The Balaban J connectivity index is 1.88. The fourth-order valence-electron chi connectivity index (χ4n) is 1.49. The minimum Gasteiger partial charge on any atom is -0.298 e. The number of carbonyl (C=O) groups is 1. The van der Waals surface area contributed by atoms with Gasteiger partial charge in [-0.1, -0.05) is 36.0 Å². The molecule has 0 aliphatic rings. The molecule has 92 valence electrons. The lowest BCUT2D eigenvalue weighted by Gasteiger charge is -2.02. The van der Waals surface area contributed by atoms with Crippen molar-refractivity contribution in [1.82, 2.24) is 4.98 Å². The van der Waals surface area contributed by atoms with Crippen molar-refractivity contribution in [3.63, 3.8) is 0 Å². The normalized spacial score (nSPS) is 10.3. The first-order valence-electron chi connectivity index (χ1n) is 5.54. The molecule has 0 radical (unpaired) electrons. The summed E-state index contributed by atoms with van der Waals surface area (Å²) in [6, 6.07) is 11.9. The van der Waals surface area contributed by atoms with E-state index in [-0.39, 0.29) is 18.0 Å². The third-order valence-corrected chi connectivity index (χ3v) is 3.37. The van der Waals surface area contributed by atoms with Gasteiger partial charge in [-0.15, -0.1) is 0 Å². The zero-order valence-electron chi connectivity index (χ0n) is 9.67. The number of halogens is 1. The van der Waals surface area contributed by atoms with Crippen LogP contribution in [0.25, 0.3) is 0 Å². The van der Waals surface area contributed by atoms with Crippen molar-refractivity contribution in [1.29, 1.82) is 0 Å². The van der Waals surface area contributed by atoms with Gasteiger partial charge in [0, 0.05) is 12.6 Å². The first-order valence-corrected chi connectivity index (χ1v) is 6.53. The molecule has 0 spiro atoms. The molecular formula is C14H12FNOS. The average Bonchev–Trinajstić information content (AvgIpc) is 2.40. The zero-order chi connectivity index (χ0) is 12.8. The standard InChI is InChI=1S/C14H12FNOS/c15-13-6-2-1-5-11(13)9-12(17)10-18-14-7-3-4-8-16-14/h1-8H,9-10H2. The van der Waals surface area contributed by atoms with E-state index in [9.17, 15) is 9.18 Å². The Kier molecular flexibility index (Phi) is 4.47. The van der Waals surface area contributed by atoms with Crippen LogP contribution in [0.2, 0.25) is 0 Å². The molecule has 0 atom stereocenters. The summed E-state index contributed by atoms with van der Waals surface area (Å²) in [6.45, 7) is 0. The van der Waals surface area contributed by atoms with Crippen molar-refractivity contribution in [3.8, 4) is 0 Å². The molecule has 0 fully saturated rings. The van der Waals surface area contributed by atoms with E-state index in [1.54, 1.807) is 24.4 Å². The smallest absolute Gasteiger partial charge is 0.147 e. The summed E-state index contributed by atoms with van der Waals surface area (Å²) in [6.07, 6.45) is 1.82. The van der Waals surface area contributed by atoms with Crippen LogP contribution >= 0.6 is 11.8 Å². The maximum Gasteiger partial charge on any atom is 0.147 e. The second kappa shape index (κ2) is 6.31. The molecule has 0 saturated heterocycles. The van der Waals surface area contributed by atoms with E-state index in [2.05, 4.69) is 4.98 Å². The minimum absolute atomic E-state index is 0.00393. The number of hydrogen-bond donors (Lipinski definition) is 0. The summed E-state index contributed by atoms with van der Waals surface area (Å²) < 4.78 is 13.3. The molecule has 0 saturated carbocycles. The van der Waals surface area contributed by atoms with E-state index in [0.717, 1.165) is 5.03 Å². The van der Waals surface area contributed by atoms with E-state index in [0.29, 0.717) is 11.3 Å². The van der Waals surface area contributed by atoms with Crippen molar-refractivity contribution < 1.29 is 9.18 Å². The fraction of sp³-hybridized carbons (Fsp3) is 0.143. The van der Waals surface area contributed by atoms with Gasteiger partial charge in [0.1, 0.15) is 11.6 Å². The number of carbonyl (C=O) groups excluding carboxylic acids is 1. The Labute approximate surface area is 109 Å². The summed E-state index contributed by atoms with van der Waals surface area (Å²) >= 11 is 1.37. The lowest BCUT2D eigenvalue weighted by Crippen LogP contribution is -2.07. The molecule has 0 N–H and O–H groups in total. The minimum atomic E-state index is -0.325. The number of pyridine rings is 1. The predicted molar refractivity (Wildman–Crippen MR) is 70.1 cm³/mol. The molecule has 1 aromatic carbocycles. The molecule has 2 rings (SSSR count). The van der Waals surface area contributed by atoms with E-state index >= 15 is 0 Å². The highest BCUT2D eigenvalue weighted by Crippen LogP contribution is 2.15. The van der Waals surface area contributed by atoms with Gasteiger partial charge < -0.3 is 0 Å². The molecule has 2 nitrogen and oxygen atoms in total. The van der Waals surface area contributed by atoms with E-state index in [1.165, 1.54) is 17.8 Å². The number of Topliss-reactive ketones (excluding diaryl/α,β-unsaturated/α-hetero) is 1. The van der Waals surface area contributed by atoms with Gasteiger partial charge in [0.2, 0.25) is 0 Å². The highest BCUT2D eigenvalue weighted by atomic mass is 32.2. The van der Waals surface area contributed by atoms with Gasteiger partial charge in [0.25, 0.3) is 0 Å². The van der Waals surface area contributed by atoms with E-state index in [1.807, 2.05) is 18.2 Å². The summed E-state index contributed by atoms with van der Waals surface area (Å²) in [5, 5.41) is 0.805. The monoisotopic (exact) mass is 261 g/mol. The second-order valence-corrected chi connectivity index (χ2v) is 4.76. The van der Waals surface area contributed by atoms with Gasteiger partial charge in [0.15, 0.2) is 0 Å². The molecule has 18 heavy (non-hydrogen) atoms. The van der Waals surface area contributed by atoms with Crippen molar-refractivity contribution in [2.24, 2.45) is 0 Å². The maximum atomic E-state index is 13.3. The molecular weight excluding hydrogens is 249 g/mol. The SMILES string of the molecule is O=C(CSc1ccccn1)Cc1ccccc1F. The highest BCUT2D eigenvalue weighted by molar-refractivity contribution is 7.99. The first-order chi connectivity index (χ1) is 8.75. The Hall–Kier alpha value is -1.68. The zero-order valence-corrected chi connectivity index (χ0v) is 10.5. The summed E-state index contributed by atoms with van der Waals surface area (Å²) in [7, 11) is 0. The Bertz CT molecular complexity index is 530. The van der Waals surface area contributed by atoms with Crippen molar-refractivity contribution >= 4 is 17.5 Å². The summed E-state index contributed by atoms with van der Waals surface area (Å²) in [5.41, 5.74) is 0.448. The van der Waals surface area contributed by atoms with Crippen LogP contribution in [0.3, 0.4) is 0 Å². The van der Waals surface area contributed by atoms with Crippen molar-refractivity contribution in [3.05, 3.63) is 60.0 Å². The summed E-state index contributed by atoms with van der Waals surface area (Å²) in [4.78, 5) is 15.8. The topological polar surface area (TPSA) is 30.0 Å². The van der Waals surface area contributed by atoms with Crippen molar-refractivity contribution in [2.75, 3.05) is 5.75 Å². The first kappa shape index (κ1) is 12.8. The average molecular weight is 261 g/mol. The lowest BCUT2D eigenvalue weighted by molar-refractivity contribution is -0.116. The van der Waals surface area contributed by atoms with Gasteiger partial charge in [-0.05, 0) is 23.8 Å². The fourth-order valence-corrected chi connectivity index (χ4v) is 2.21. The van der Waals surface area contributed by atoms with Crippen molar-refractivity contribution in [2.45, 2.75) is 11.4 Å². The molecule has 0 unspecified atom stereocenters. The van der Waals surface area contributed by atoms with Gasteiger partial charge in [-0.2, -0.15) is 0 Å². The van der Waals surface area contributed by atoms with Gasteiger partial charge >= 0.3 is 0 Å². The van der Waals surface area contributed by atoms with Gasteiger partial charge in [-0.3, -0.25) is 4.79 Å². The Morgan fingerprint density at radius 2 is 1.94 bits per heavy atom. The number of nitrogens with zero attached hydrogens (tertiary/aromatic N) is 1. The summed E-state index contributed by atoms with van der Waals surface area (Å²) in [5.74, 6) is -0.0184. The van der Waals surface area contributed by atoms with E-state index in [4.69, 9.17) is 0 Å². The largest absolute Gasteiger partial charge is 0.298 e. The van der Waals surface area contributed by atoms with Gasteiger partial charge in [0.05, 0.1) is 10.8 Å². The van der Waals surface area contributed by atoms with Crippen LogP contribution in [0.15, 0.2) is 53.7 Å². The molecule has 4 heteroatoms. The third kappa shape index (κ3) is 3.67. The number of aromatic nitrogens is 1. The number of thioether (sulfide) groups is 1. The molecule has 1 aromatic heterocycles. The van der Waals surface area contributed by atoms with Crippen LogP contribution in [0, 0.1) is 5.82 Å². The number of hydrogen-bond acceptors (Lipinski definition) is 3. The second-order valence-electron chi connectivity index (χ2n) is 3.76. The van der Waals surface area contributed by atoms with Crippen LogP contribution in [0.4, 0.5) is 4.39 Å². The predicted octanol–water partition coefficient (Wildman–Crippen LogP) is 3.12. The molecule has 0 aliphatic heterocycles. The maximum absolute atomic E-state index is 13.3. The highest BCUT2D eigenvalue weighted by Gasteiger charge is 2.08.